The summed E-state index contributed by atoms with van der Waals surface area (Å²) in [5, 5.41) is 7.30. The van der Waals surface area contributed by atoms with Gasteiger partial charge in [0, 0.05) is 19.3 Å². The molecule has 3 aromatic rings. The number of anilines is 1. The molecule has 1 atom stereocenters. The minimum atomic E-state index is -0.0852. The summed E-state index contributed by atoms with van der Waals surface area (Å²) >= 11 is 0. The van der Waals surface area contributed by atoms with Gasteiger partial charge in [0.1, 0.15) is 0 Å². The van der Waals surface area contributed by atoms with E-state index in [1.807, 2.05) is 22.7 Å². The fraction of sp³-hybridized carbons (Fsp3) is 0.304. The third kappa shape index (κ3) is 3.79. The van der Waals surface area contributed by atoms with Crippen molar-refractivity contribution in [2.45, 2.75) is 45.8 Å². The van der Waals surface area contributed by atoms with Crippen molar-refractivity contribution in [3.8, 4) is 0 Å². The Kier molecular flexibility index (Phi) is 5.15. The lowest BCUT2D eigenvalue weighted by atomic mass is 10.1. The summed E-state index contributed by atoms with van der Waals surface area (Å²) < 4.78 is 1.81. The van der Waals surface area contributed by atoms with Gasteiger partial charge < -0.3 is 10.2 Å². The Hall–Kier alpha value is -3.08. The number of aromatic nitrogens is 2. The van der Waals surface area contributed by atoms with Crippen molar-refractivity contribution in [3.05, 3.63) is 83.2 Å². The number of amides is 2. The second-order valence-electron chi connectivity index (χ2n) is 7.38. The molecule has 0 fully saturated rings. The molecule has 2 aromatic carbocycles. The van der Waals surface area contributed by atoms with Gasteiger partial charge in [-0.15, -0.1) is 0 Å². The largest absolute Gasteiger partial charge is 0.322 e. The monoisotopic (exact) mass is 374 g/mol. The molecule has 0 saturated carbocycles. The van der Waals surface area contributed by atoms with Gasteiger partial charge in [0.15, 0.2) is 0 Å². The standard InChI is InChI=1S/C23H26N4O/c1-3-26-16-20(14-24-26)25-23(28)27(15-18-10-8-17(2)9-11-18)22-13-12-19-6-4-5-7-21(19)22/h4-11,14,16,22H,3,12-13,15H2,1-2H3,(H,25,28)/t22-/m1/s1. The second kappa shape index (κ2) is 7.89. The number of aryl methyl sites for hydroxylation is 3. The molecule has 0 spiro atoms. The maximum Gasteiger partial charge on any atom is 0.322 e. The fourth-order valence-electron chi connectivity index (χ4n) is 3.87. The van der Waals surface area contributed by atoms with Crippen molar-refractivity contribution in [3.63, 3.8) is 0 Å². The minimum Gasteiger partial charge on any atom is -0.313 e. The molecule has 1 N–H and O–H groups in total. The molecule has 0 unspecified atom stereocenters. The highest BCUT2D eigenvalue weighted by Crippen LogP contribution is 2.36. The summed E-state index contributed by atoms with van der Waals surface area (Å²) in [4.78, 5) is 15.2. The van der Waals surface area contributed by atoms with Crippen molar-refractivity contribution in [1.29, 1.82) is 0 Å². The summed E-state index contributed by atoms with van der Waals surface area (Å²) in [7, 11) is 0. The summed E-state index contributed by atoms with van der Waals surface area (Å²) in [6.07, 6.45) is 5.53. The first-order valence-corrected chi connectivity index (χ1v) is 9.87. The van der Waals surface area contributed by atoms with Crippen LogP contribution in [0.3, 0.4) is 0 Å². The Labute approximate surface area is 166 Å². The molecule has 28 heavy (non-hydrogen) atoms. The topological polar surface area (TPSA) is 50.2 Å². The Morgan fingerprint density at radius 2 is 2.00 bits per heavy atom. The first kappa shape index (κ1) is 18.3. The van der Waals surface area contributed by atoms with E-state index in [4.69, 9.17) is 0 Å². The molecule has 2 amide bonds. The van der Waals surface area contributed by atoms with E-state index in [0.717, 1.165) is 30.6 Å². The van der Waals surface area contributed by atoms with Gasteiger partial charge in [0.2, 0.25) is 0 Å². The molecule has 0 radical (unpaired) electrons. The van der Waals surface area contributed by atoms with E-state index in [1.165, 1.54) is 16.7 Å². The molecule has 0 bridgehead atoms. The van der Waals surface area contributed by atoms with E-state index >= 15 is 0 Å². The molecular formula is C23H26N4O. The van der Waals surface area contributed by atoms with Gasteiger partial charge in [0.05, 0.1) is 17.9 Å². The predicted octanol–water partition coefficient (Wildman–Crippen LogP) is 4.93. The number of fused-ring (bicyclic) bond motifs is 1. The lowest BCUT2D eigenvalue weighted by Gasteiger charge is -2.30. The maximum atomic E-state index is 13.3. The van der Waals surface area contributed by atoms with Crippen molar-refractivity contribution in [1.82, 2.24) is 14.7 Å². The molecule has 0 saturated heterocycles. The molecule has 4 rings (SSSR count). The van der Waals surface area contributed by atoms with Crippen molar-refractivity contribution >= 4 is 11.7 Å². The van der Waals surface area contributed by atoms with Crippen LogP contribution >= 0.6 is 0 Å². The Morgan fingerprint density at radius 3 is 2.75 bits per heavy atom. The highest BCUT2D eigenvalue weighted by atomic mass is 16.2. The zero-order valence-electron chi connectivity index (χ0n) is 16.4. The van der Waals surface area contributed by atoms with Crippen LogP contribution in [-0.4, -0.2) is 20.7 Å². The SMILES string of the molecule is CCn1cc(NC(=O)N(Cc2ccc(C)cc2)[C@@H]2CCc3ccccc32)cn1. The summed E-state index contributed by atoms with van der Waals surface area (Å²) in [6, 6.07) is 16.8. The van der Waals surface area contributed by atoms with Crippen LogP contribution in [0.2, 0.25) is 0 Å². The molecule has 5 nitrogen and oxygen atoms in total. The first-order chi connectivity index (χ1) is 13.6. The van der Waals surface area contributed by atoms with Gasteiger partial charge in [-0.3, -0.25) is 4.68 Å². The van der Waals surface area contributed by atoms with Gasteiger partial charge in [0.25, 0.3) is 0 Å². The zero-order valence-corrected chi connectivity index (χ0v) is 16.4. The smallest absolute Gasteiger partial charge is 0.313 e. The van der Waals surface area contributed by atoms with E-state index in [1.54, 1.807) is 6.20 Å². The average Bonchev–Trinajstić information content (AvgIpc) is 3.34. The van der Waals surface area contributed by atoms with E-state index in [-0.39, 0.29) is 12.1 Å². The van der Waals surface area contributed by atoms with Gasteiger partial charge in [-0.25, -0.2) is 4.79 Å². The first-order valence-electron chi connectivity index (χ1n) is 9.87. The number of hydrogen-bond acceptors (Lipinski definition) is 2. The van der Waals surface area contributed by atoms with Gasteiger partial charge in [-0.1, -0.05) is 54.1 Å². The van der Waals surface area contributed by atoms with Crippen LogP contribution in [0.4, 0.5) is 10.5 Å². The molecule has 144 valence electrons. The molecule has 1 aromatic heterocycles. The average molecular weight is 374 g/mol. The van der Waals surface area contributed by atoms with Gasteiger partial charge in [-0.05, 0) is 43.4 Å². The molecule has 0 aliphatic heterocycles. The van der Waals surface area contributed by atoms with Crippen molar-refractivity contribution in [2.24, 2.45) is 0 Å². The third-order valence-corrected chi connectivity index (χ3v) is 5.42. The number of carbonyl (C=O) groups excluding carboxylic acids is 1. The lowest BCUT2D eigenvalue weighted by Crippen LogP contribution is -2.37. The summed E-state index contributed by atoms with van der Waals surface area (Å²) in [6.45, 7) is 5.45. The van der Waals surface area contributed by atoms with Crippen LogP contribution in [0.1, 0.15) is 41.6 Å². The second-order valence-corrected chi connectivity index (χ2v) is 7.38. The fourth-order valence-corrected chi connectivity index (χ4v) is 3.87. The van der Waals surface area contributed by atoms with Crippen LogP contribution in [0.25, 0.3) is 0 Å². The highest BCUT2D eigenvalue weighted by Gasteiger charge is 2.31. The minimum absolute atomic E-state index is 0.0822. The van der Waals surface area contributed by atoms with Crippen LogP contribution in [0, 0.1) is 6.92 Å². The van der Waals surface area contributed by atoms with Crippen LogP contribution in [0.15, 0.2) is 60.9 Å². The Morgan fingerprint density at radius 1 is 1.21 bits per heavy atom. The van der Waals surface area contributed by atoms with E-state index in [2.05, 4.69) is 65.9 Å². The third-order valence-electron chi connectivity index (χ3n) is 5.42. The number of carbonyl (C=O) groups is 1. The summed E-state index contributed by atoms with van der Waals surface area (Å²) in [5.41, 5.74) is 5.68. The van der Waals surface area contributed by atoms with Gasteiger partial charge in [-0.2, -0.15) is 5.10 Å². The van der Waals surface area contributed by atoms with Crippen LogP contribution < -0.4 is 5.32 Å². The molecular weight excluding hydrogens is 348 g/mol. The highest BCUT2D eigenvalue weighted by molar-refractivity contribution is 5.89. The number of rotatable bonds is 5. The van der Waals surface area contributed by atoms with E-state index < -0.39 is 0 Å². The lowest BCUT2D eigenvalue weighted by molar-refractivity contribution is 0.183. The number of hydrogen-bond donors (Lipinski definition) is 1. The Balaban J connectivity index is 1.61. The van der Waals surface area contributed by atoms with E-state index in [0.29, 0.717) is 6.54 Å². The zero-order chi connectivity index (χ0) is 19.5. The maximum absolute atomic E-state index is 13.3. The van der Waals surface area contributed by atoms with Crippen molar-refractivity contribution in [2.75, 3.05) is 5.32 Å². The predicted molar refractivity (Wildman–Crippen MR) is 111 cm³/mol. The molecule has 1 aliphatic rings. The van der Waals surface area contributed by atoms with E-state index in [9.17, 15) is 4.79 Å². The molecule has 5 heteroatoms. The molecule has 1 heterocycles. The normalized spacial score (nSPS) is 15.3. The quantitative estimate of drug-likeness (QED) is 0.688. The number of nitrogens with zero attached hydrogens (tertiary/aromatic N) is 3. The number of nitrogens with one attached hydrogen (secondary N) is 1. The number of urea groups is 1. The summed E-state index contributed by atoms with van der Waals surface area (Å²) in [5.74, 6) is 0. The van der Waals surface area contributed by atoms with Crippen molar-refractivity contribution < 1.29 is 4.79 Å². The Bertz CT molecular complexity index is 961. The number of benzene rings is 2. The van der Waals surface area contributed by atoms with Gasteiger partial charge >= 0.3 is 6.03 Å². The van der Waals surface area contributed by atoms with Crippen LogP contribution in [-0.2, 0) is 19.5 Å². The van der Waals surface area contributed by atoms with Crippen LogP contribution in [0.5, 0.6) is 0 Å². The molecule has 1 aliphatic carbocycles.